The van der Waals surface area contributed by atoms with E-state index in [4.69, 9.17) is 9.47 Å². The van der Waals surface area contributed by atoms with Crippen LogP contribution in [0.4, 0.5) is 0 Å². The molecule has 3 aromatic carbocycles. The summed E-state index contributed by atoms with van der Waals surface area (Å²) in [5, 5.41) is 13.3. The first kappa shape index (κ1) is 19.9. The molecule has 3 aromatic rings. The van der Waals surface area contributed by atoms with Crippen LogP contribution in [0.1, 0.15) is 27.0 Å². The van der Waals surface area contributed by atoms with Gasteiger partial charge in [0.25, 0.3) is 5.91 Å². The average molecular weight is 390 g/mol. The third kappa shape index (κ3) is 5.35. The number of aryl methyl sites for hydroxylation is 1. The number of carbonyl (C=O) groups is 1. The van der Waals surface area contributed by atoms with Crippen LogP contribution < -0.4 is 14.9 Å². The first-order valence-electron chi connectivity index (χ1n) is 9.04. The second kappa shape index (κ2) is 9.41. The van der Waals surface area contributed by atoms with Crippen molar-refractivity contribution >= 4 is 12.1 Å². The summed E-state index contributed by atoms with van der Waals surface area (Å²) in [5.74, 6) is 0.828. The number of hydrazone groups is 1. The molecular formula is C23H22N2O4. The van der Waals surface area contributed by atoms with E-state index in [9.17, 15) is 9.90 Å². The highest BCUT2D eigenvalue weighted by Crippen LogP contribution is 2.30. The quantitative estimate of drug-likeness (QED) is 0.471. The molecule has 0 atom stereocenters. The lowest BCUT2D eigenvalue weighted by atomic mass is 10.1. The molecule has 1 amide bonds. The fourth-order valence-corrected chi connectivity index (χ4v) is 2.74. The first-order valence-corrected chi connectivity index (χ1v) is 9.04. The number of rotatable bonds is 7. The van der Waals surface area contributed by atoms with Gasteiger partial charge in [-0.1, -0.05) is 35.9 Å². The minimum atomic E-state index is -0.383. The Hall–Kier alpha value is -3.80. The van der Waals surface area contributed by atoms with Gasteiger partial charge in [0.15, 0.2) is 11.5 Å². The molecule has 0 heterocycles. The fourth-order valence-electron chi connectivity index (χ4n) is 2.74. The Bertz CT molecular complexity index is 1010. The van der Waals surface area contributed by atoms with E-state index in [0.29, 0.717) is 29.2 Å². The number of para-hydroxylation sites is 1. The van der Waals surface area contributed by atoms with E-state index in [2.05, 4.69) is 16.6 Å². The van der Waals surface area contributed by atoms with Gasteiger partial charge in [-0.2, -0.15) is 5.10 Å². The molecule has 2 N–H and O–H groups in total. The number of nitrogens with one attached hydrogen (secondary N) is 1. The van der Waals surface area contributed by atoms with E-state index in [-0.39, 0.29) is 11.7 Å². The zero-order valence-corrected chi connectivity index (χ0v) is 16.3. The smallest absolute Gasteiger partial charge is 0.271 e. The summed E-state index contributed by atoms with van der Waals surface area (Å²) in [6, 6.07) is 19.4. The number of ether oxygens (including phenoxy) is 2. The van der Waals surface area contributed by atoms with Crippen LogP contribution in [0.3, 0.4) is 0 Å². The van der Waals surface area contributed by atoms with Gasteiger partial charge in [-0.05, 0) is 48.9 Å². The Kier molecular flexibility index (Phi) is 6.47. The average Bonchev–Trinajstić information content (AvgIpc) is 2.73. The van der Waals surface area contributed by atoms with Crippen molar-refractivity contribution in [3.63, 3.8) is 0 Å². The van der Waals surface area contributed by atoms with Crippen LogP contribution in [0.25, 0.3) is 0 Å². The minimum absolute atomic E-state index is 0.0943. The Balaban J connectivity index is 1.73. The normalized spacial score (nSPS) is 10.7. The van der Waals surface area contributed by atoms with Crippen molar-refractivity contribution in [1.82, 2.24) is 5.43 Å². The summed E-state index contributed by atoms with van der Waals surface area (Å²) in [5.41, 5.74) is 5.72. The van der Waals surface area contributed by atoms with Crippen molar-refractivity contribution in [2.45, 2.75) is 13.5 Å². The molecule has 6 heteroatoms. The van der Waals surface area contributed by atoms with Crippen molar-refractivity contribution in [3.8, 4) is 17.2 Å². The van der Waals surface area contributed by atoms with Crippen LogP contribution in [-0.4, -0.2) is 24.3 Å². The van der Waals surface area contributed by atoms with E-state index >= 15 is 0 Å². The van der Waals surface area contributed by atoms with Crippen LogP contribution in [0, 0.1) is 6.92 Å². The maximum atomic E-state index is 12.1. The van der Waals surface area contributed by atoms with E-state index in [1.54, 1.807) is 13.2 Å². The number of methoxy groups -OCH3 is 1. The molecule has 0 saturated heterocycles. The Labute approximate surface area is 169 Å². The van der Waals surface area contributed by atoms with Crippen LogP contribution in [0.5, 0.6) is 17.2 Å². The molecular weight excluding hydrogens is 368 g/mol. The number of phenols is 1. The number of nitrogens with zero attached hydrogens (tertiary/aromatic N) is 1. The highest BCUT2D eigenvalue weighted by molar-refractivity contribution is 5.95. The molecule has 0 radical (unpaired) electrons. The largest absolute Gasteiger partial charge is 0.508 e. The third-order valence-electron chi connectivity index (χ3n) is 4.19. The second-order valence-electron chi connectivity index (χ2n) is 6.40. The van der Waals surface area contributed by atoms with Crippen molar-refractivity contribution in [3.05, 3.63) is 89.0 Å². The Morgan fingerprint density at radius 3 is 2.59 bits per heavy atom. The number of aromatic hydroxyl groups is 1. The Morgan fingerprint density at radius 2 is 1.86 bits per heavy atom. The van der Waals surface area contributed by atoms with Gasteiger partial charge in [0, 0.05) is 11.1 Å². The number of hydrogen-bond donors (Lipinski definition) is 2. The third-order valence-corrected chi connectivity index (χ3v) is 4.19. The molecule has 148 valence electrons. The lowest BCUT2D eigenvalue weighted by molar-refractivity contribution is 0.0955. The van der Waals surface area contributed by atoms with Crippen molar-refractivity contribution < 1.29 is 19.4 Å². The molecule has 3 rings (SSSR count). The topological polar surface area (TPSA) is 80.2 Å². The molecule has 0 aliphatic rings. The maximum absolute atomic E-state index is 12.1. The van der Waals surface area contributed by atoms with Crippen LogP contribution >= 0.6 is 0 Å². The standard InChI is InChI=1S/C23H22N2O4/c1-16-5-3-6-17(13-16)15-29-22-19(7-4-8-21(22)28-2)14-24-25-23(27)18-9-11-20(26)12-10-18/h3-14,26H,15H2,1-2H3,(H,25,27)/b24-14-. The molecule has 0 fully saturated rings. The fraction of sp³-hybridized carbons (Fsp3) is 0.130. The van der Waals surface area contributed by atoms with E-state index in [1.807, 2.05) is 37.3 Å². The monoisotopic (exact) mass is 390 g/mol. The summed E-state index contributed by atoms with van der Waals surface area (Å²) in [6.45, 7) is 2.41. The SMILES string of the molecule is COc1cccc(/C=N\NC(=O)c2ccc(O)cc2)c1OCc1cccc(C)c1. The number of amides is 1. The van der Waals surface area contributed by atoms with Gasteiger partial charge >= 0.3 is 0 Å². The Morgan fingerprint density at radius 1 is 1.10 bits per heavy atom. The van der Waals surface area contributed by atoms with Gasteiger partial charge in [-0.15, -0.1) is 0 Å². The summed E-state index contributed by atoms with van der Waals surface area (Å²) < 4.78 is 11.4. The van der Waals surface area contributed by atoms with E-state index in [1.165, 1.54) is 30.5 Å². The van der Waals surface area contributed by atoms with Gasteiger partial charge < -0.3 is 14.6 Å². The van der Waals surface area contributed by atoms with Crippen molar-refractivity contribution in [1.29, 1.82) is 0 Å². The van der Waals surface area contributed by atoms with Crippen LogP contribution in [-0.2, 0) is 6.61 Å². The van der Waals surface area contributed by atoms with Crippen LogP contribution in [0.15, 0.2) is 71.8 Å². The van der Waals surface area contributed by atoms with Gasteiger partial charge in [-0.25, -0.2) is 5.43 Å². The maximum Gasteiger partial charge on any atom is 0.271 e. The predicted octanol–water partition coefficient (Wildman–Crippen LogP) is 4.05. The molecule has 0 spiro atoms. The van der Waals surface area contributed by atoms with Gasteiger partial charge in [0.2, 0.25) is 0 Å². The first-order chi connectivity index (χ1) is 14.1. The van der Waals surface area contributed by atoms with E-state index < -0.39 is 0 Å². The second-order valence-corrected chi connectivity index (χ2v) is 6.40. The molecule has 6 nitrogen and oxygen atoms in total. The number of carbonyl (C=O) groups excluding carboxylic acids is 1. The molecule has 0 aliphatic carbocycles. The molecule has 0 bridgehead atoms. The highest BCUT2D eigenvalue weighted by Gasteiger charge is 2.10. The lowest BCUT2D eigenvalue weighted by Crippen LogP contribution is -2.17. The molecule has 0 aromatic heterocycles. The zero-order chi connectivity index (χ0) is 20.6. The zero-order valence-electron chi connectivity index (χ0n) is 16.3. The van der Waals surface area contributed by atoms with E-state index in [0.717, 1.165) is 11.1 Å². The van der Waals surface area contributed by atoms with Gasteiger partial charge in [-0.3, -0.25) is 4.79 Å². The summed E-state index contributed by atoms with van der Waals surface area (Å²) >= 11 is 0. The van der Waals surface area contributed by atoms with Gasteiger partial charge in [0.1, 0.15) is 12.4 Å². The highest BCUT2D eigenvalue weighted by atomic mass is 16.5. The summed E-state index contributed by atoms with van der Waals surface area (Å²) in [4.78, 5) is 12.1. The van der Waals surface area contributed by atoms with Crippen molar-refractivity contribution in [2.75, 3.05) is 7.11 Å². The molecule has 0 unspecified atom stereocenters. The molecule has 0 saturated carbocycles. The minimum Gasteiger partial charge on any atom is -0.508 e. The molecule has 29 heavy (non-hydrogen) atoms. The number of phenolic OH excluding ortho intramolecular Hbond substituents is 1. The summed E-state index contributed by atoms with van der Waals surface area (Å²) in [7, 11) is 1.57. The number of benzene rings is 3. The summed E-state index contributed by atoms with van der Waals surface area (Å²) in [6.07, 6.45) is 1.51. The van der Waals surface area contributed by atoms with Gasteiger partial charge in [0.05, 0.1) is 13.3 Å². The molecule has 0 aliphatic heterocycles. The predicted molar refractivity (Wildman–Crippen MR) is 112 cm³/mol. The van der Waals surface area contributed by atoms with Crippen LogP contribution in [0.2, 0.25) is 0 Å². The van der Waals surface area contributed by atoms with Crippen molar-refractivity contribution in [2.24, 2.45) is 5.10 Å². The number of hydrogen-bond acceptors (Lipinski definition) is 5. The lowest BCUT2D eigenvalue weighted by Gasteiger charge is -2.13.